The van der Waals surface area contributed by atoms with E-state index in [1.807, 2.05) is 35.2 Å². The number of amides is 1. The third-order valence-corrected chi connectivity index (χ3v) is 3.27. The third-order valence-electron chi connectivity index (χ3n) is 3.27. The lowest BCUT2D eigenvalue weighted by Gasteiger charge is -2.30. The Bertz CT molecular complexity index is 571. The summed E-state index contributed by atoms with van der Waals surface area (Å²) in [6, 6.07) is 9.66. The van der Waals surface area contributed by atoms with Crippen LogP contribution in [-0.4, -0.2) is 29.1 Å². The van der Waals surface area contributed by atoms with Crippen molar-refractivity contribution in [3.63, 3.8) is 0 Å². The van der Waals surface area contributed by atoms with Gasteiger partial charge in [0, 0.05) is 18.7 Å². The first kappa shape index (κ1) is 11.0. The quantitative estimate of drug-likeness (QED) is 0.812. The van der Waals surface area contributed by atoms with Crippen LogP contribution in [0.3, 0.4) is 0 Å². The zero-order valence-corrected chi connectivity index (χ0v) is 10.2. The van der Waals surface area contributed by atoms with Gasteiger partial charge in [0.2, 0.25) is 0 Å². The fourth-order valence-corrected chi connectivity index (χ4v) is 2.09. The summed E-state index contributed by atoms with van der Waals surface area (Å²) < 4.78 is 5.19. The summed E-state index contributed by atoms with van der Waals surface area (Å²) in [6.07, 6.45) is 1.08. The van der Waals surface area contributed by atoms with Crippen LogP contribution in [-0.2, 0) is 0 Å². The van der Waals surface area contributed by atoms with Gasteiger partial charge in [-0.05, 0) is 13.3 Å². The summed E-state index contributed by atoms with van der Waals surface area (Å²) in [5.41, 5.74) is 2.16. The Kier molecular flexibility index (Phi) is 2.63. The second-order valence-electron chi connectivity index (χ2n) is 4.47. The predicted molar refractivity (Wildman–Crippen MR) is 67.2 cm³/mol. The van der Waals surface area contributed by atoms with Crippen molar-refractivity contribution < 1.29 is 9.32 Å². The number of likely N-dealkylation sites (tertiary alicyclic amines) is 1. The van der Waals surface area contributed by atoms with Crippen molar-refractivity contribution in [1.82, 2.24) is 10.1 Å². The van der Waals surface area contributed by atoms with Gasteiger partial charge in [-0.2, -0.15) is 0 Å². The van der Waals surface area contributed by atoms with E-state index in [-0.39, 0.29) is 5.91 Å². The summed E-state index contributed by atoms with van der Waals surface area (Å²) in [7, 11) is 0. The summed E-state index contributed by atoms with van der Waals surface area (Å²) >= 11 is 0. The van der Waals surface area contributed by atoms with Crippen molar-refractivity contribution in [2.24, 2.45) is 0 Å². The zero-order valence-electron chi connectivity index (χ0n) is 10.2. The molecule has 0 atom stereocenters. The highest BCUT2D eigenvalue weighted by atomic mass is 16.5. The van der Waals surface area contributed by atoms with Gasteiger partial charge in [0.15, 0.2) is 0 Å². The van der Waals surface area contributed by atoms with E-state index < -0.39 is 0 Å². The Labute approximate surface area is 105 Å². The summed E-state index contributed by atoms with van der Waals surface area (Å²) in [5.74, 6) is 0.615. The minimum atomic E-state index is 0.0267. The van der Waals surface area contributed by atoms with Crippen molar-refractivity contribution in [1.29, 1.82) is 0 Å². The molecule has 4 nitrogen and oxygen atoms in total. The third kappa shape index (κ3) is 1.70. The molecule has 1 aliphatic heterocycles. The van der Waals surface area contributed by atoms with E-state index in [4.69, 9.17) is 4.52 Å². The Morgan fingerprint density at radius 2 is 2.00 bits per heavy atom. The summed E-state index contributed by atoms with van der Waals surface area (Å²) in [6.45, 7) is 3.45. The molecule has 0 aliphatic carbocycles. The van der Waals surface area contributed by atoms with Crippen LogP contribution in [0.4, 0.5) is 0 Å². The minimum absolute atomic E-state index is 0.0267. The second-order valence-corrected chi connectivity index (χ2v) is 4.47. The van der Waals surface area contributed by atoms with Gasteiger partial charge < -0.3 is 9.42 Å². The molecule has 1 aromatic carbocycles. The summed E-state index contributed by atoms with van der Waals surface area (Å²) in [4.78, 5) is 14.2. The van der Waals surface area contributed by atoms with E-state index in [9.17, 15) is 4.79 Å². The van der Waals surface area contributed by atoms with Gasteiger partial charge in [0.25, 0.3) is 5.91 Å². The molecule has 0 spiro atoms. The molecule has 0 saturated carbocycles. The molecule has 1 saturated heterocycles. The highest BCUT2D eigenvalue weighted by Crippen LogP contribution is 2.27. The van der Waals surface area contributed by atoms with E-state index in [2.05, 4.69) is 5.16 Å². The van der Waals surface area contributed by atoms with Crippen LogP contribution in [0, 0.1) is 6.92 Å². The molecular formula is C14H14N2O2. The monoisotopic (exact) mass is 242 g/mol. The normalized spacial score (nSPS) is 14.4. The predicted octanol–water partition coefficient (Wildman–Crippen LogP) is 2.50. The van der Waals surface area contributed by atoms with Gasteiger partial charge in [-0.15, -0.1) is 0 Å². The van der Waals surface area contributed by atoms with Crippen molar-refractivity contribution in [2.75, 3.05) is 13.1 Å². The molecule has 2 aromatic rings. The molecule has 1 amide bonds. The highest BCUT2D eigenvalue weighted by Gasteiger charge is 2.28. The maximum absolute atomic E-state index is 12.3. The number of nitrogens with zero attached hydrogens (tertiary/aromatic N) is 2. The van der Waals surface area contributed by atoms with Gasteiger partial charge in [-0.1, -0.05) is 35.5 Å². The van der Waals surface area contributed by atoms with E-state index >= 15 is 0 Å². The van der Waals surface area contributed by atoms with E-state index in [1.54, 1.807) is 6.92 Å². The van der Waals surface area contributed by atoms with Gasteiger partial charge in [-0.25, -0.2) is 0 Å². The highest BCUT2D eigenvalue weighted by molar-refractivity contribution is 6.01. The molecule has 0 unspecified atom stereocenters. The number of carbonyl (C=O) groups is 1. The number of benzene rings is 1. The SMILES string of the molecule is Cc1onc(-c2ccccc2)c1C(=O)N1CCC1. The van der Waals surface area contributed by atoms with Crippen LogP contribution in [0.25, 0.3) is 11.3 Å². The van der Waals surface area contributed by atoms with Gasteiger partial charge in [-0.3, -0.25) is 4.79 Å². The van der Waals surface area contributed by atoms with Gasteiger partial charge >= 0.3 is 0 Å². The molecule has 2 heterocycles. The average Bonchev–Trinajstić information content (AvgIpc) is 2.70. The molecule has 0 N–H and O–H groups in total. The smallest absolute Gasteiger partial charge is 0.259 e. The lowest BCUT2D eigenvalue weighted by atomic mass is 10.0. The van der Waals surface area contributed by atoms with Crippen LogP contribution < -0.4 is 0 Å². The van der Waals surface area contributed by atoms with Crippen molar-refractivity contribution in [2.45, 2.75) is 13.3 Å². The van der Waals surface area contributed by atoms with Crippen LogP contribution >= 0.6 is 0 Å². The van der Waals surface area contributed by atoms with E-state index in [0.29, 0.717) is 17.0 Å². The first-order chi connectivity index (χ1) is 8.77. The van der Waals surface area contributed by atoms with Crippen LogP contribution in [0.5, 0.6) is 0 Å². The molecule has 4 heteroatoms. The van der Waals surface area contributed by atoms with Crippen molar-refractivity contribution in [3.8, 4) is 11.3 Å². The number of hydrogen-bond acceptors (Lipinski definition) is 3. The largest absolute Gasteiger partial charge is 0.360 e. The molecule has 1 fully saturated rings. The van der Waals surface area contributed by atoms with Gasteiger partial charge in [0.05, 0.1) is 0 Å². The Morgan fingerprint density at radius 1 is 1.28 bits per heavy atom. The summed E-state index contributed by atoms with van der Waals surface area (Å²) in [5, 5.41) is 4.03. The van der Waals surface area contributed by atoms with E-state index in [0.717, 1.165) is 25.1 Å². The molecule has 18 heavy (non-hydrogen) atoms. The first-order valence-electron chi connectivity index (χ1n) is 6.08. The Hall–Kier alpha value is -2.10. The topological polar surface area (TPSA) is 46.3 Å². The van der Waals surface area contributed by atoms with E-state index in [1.165, 1.54) is 0 Å². The zero-order chi connectivity index (χ0) is 12.5. The van der Waals surface area contributed by atoms with Crippen LogP contribution in [0.2, 0.25) is 0 Å². The number of aromatic nitrogens is 1. The average molecular weight is 242 g/mol. The number of carbonyl (C=O) groups excluding carboxylic acids is 1. The molecular weight excluding hydrogens is 228 g/mol. The maximum atomic E-state index is 12.3. The molecule has 3 rings (SSSR count). The maximum Gasteiger partial charge on any atom is 0.259 e. The molecule has 92 valence electrons. The van der Waals surface area contributed by atoms with Crippen LogP contribution in [0.15, 0.2) is 34.9 Å². The molecule has 1 aliphatic rings. The van der Waals surface area contributed by atoms with Crippen molar-refractivity contribution in [3.05, 3.63) is 41.7 Å². The fraction of sp³-hybridized carbons (Fsp3) is 0.286. The molecule has 1 aromatic heterocycles. The van der Waals surface area contributed by atoms with Crippen LogP contribution in [0.1, 0.15) is 22.5 Å². The van der Waals surface area contributed by atoms with Gasteiger partial charge in [0.1, 0.15) is 17.0 Å². The standard InChI is InChI=1S/C14H14N2O2/c1-10-12(14(17)16-8-5-9-16)13(15-18-10)11-6-3-2-4-7-11/h2-4,6-7H,5,8-9H2,1H3. The molecule has 0 radical (unpaired) electrons. The molecule has 0 bridgehead atoms. The lowest BCUT2D eigenvalue weighted by Crippen LogP contribution is -2.42. The minimum Gasteiger partial charge on any atom is -0.360 e. The first-order valence-corrected chi connectivity index (χ1v) is 6.08. The number of hydrogen-bond donors (Lipinski definition) is 0. The fourth-order valence-electron chi connectivity index (χ4n) is 2.09. The lowest BCUT2D eigenvalue weighted by molar-refractivity contribution is 0.0650. The Morgan fingerprint density at radius 3 is 2.61 bits per heavy atom. The number of aryl methyl sites for hydroxylation is 1. The number of rotatable bonds is 2. The second kappa shape index (κ2) is 4.29. The van der Waals surface area contributed by atoms with Crippen molar-refractivity contribution >= 4 is 5.91 Å². The Balaban J connectivity index is 2.03.